The Balaban J connectivity index is 1.36. The van der Waals surface area contributed by atoms with Gasteiger partial charge in [-0.1, -0.05) is 97.4 Å². The van der Waals surface area contributed by atoms with Crippen molar-refractivity contribution in [1.82, 2.24) is 15.5 Å². The molecule has 3 atom stereocenters. The van der Waals surface area contributed by atoms with Crippen LogP contribution < -0.4 is 10.6 Å². The van der Waals surface area contributed by atoms with E-state index in [0.29, 0.717) is 19.2 Å². The van der Waals surface area contributed by atoms with E-state index < -0.39 is 66.5 Å². The third kappa shape index (κ3) is 10.2. The maximum atomic E-state index is 14.3. The predicted molar refractivity (Wildman–Crippen MR) is 200 cm³/mol. The van der Waals surface area contributed by atoms with Gasteiger partial charge in [-0.05, 0) is 57.1 Å². The number of hydrogen-bond acceptors (Lipinski definition) is 10. The molecule has 0 radical (unpaired) electrons. The lowest BCUT2D eigenvalue weighted by Gasteiger charge is -2.33. The van der Waals surface area contributed by atoms with E-state index >= 15 is 0 Å². The van der Waals surface area contributed by atoms with Gasteiger partial charge in [-0.15, -0.1) is 0 Å². The number of alkyl carbamates (subject to hydrolysis) is 2. The molecule has 0 aliphatic carbocycles. The second kappa shape index (κ2) is 17.9. The maximum Gasteiger partial charge on any atom is 0.457 e. The van der Waals surface area contributed by atoms with Crippen molar-refractivity contribution in [2.24, 2.45) is 5.92 Å². The smallest absolute Gasteiger partial charge is 0.457 e. The normalized spacial score (nSPS) is 20.5. The molecule has 2 aliphatic heterocycles. The SMILES string of the molecule is CC1(C)OB(CCC[C@H]2CN(C(=O)[C@H](CO)NC(=O)OCc3ccccc3)C[C@@]2(NC(=O)OCc2ccccc2)C(=O)OCc2ccccc2)OC1(C)C. The van der Waals surface area contributed by atoms with Crippen molar-refractivity contribution in [2.75, 3.05) is 19.7 Å². The fraction of sp³-hybridized carbons (Fsp3) is 0.450. The summed E-state index contributed by atoms with van der Waals surface area (Å²) < 4.78 is 29.1. The number of carbonyl (C=O) groups is 4. The first-order chi connectivity index (χ1) is 25.8. The fourth-order valence-electron chi connectivity index (χ4n) is 6.57. The zero-order chi connectivity index (χ0) is 38.8. The van der Waals surface area contributed by atoms with E-state index in [1.54, 1.807) is 36.4 Å². The summed E-state index contributed by atoms with van der Waals surface area (Å²) in [4.78, 5) is 55.9. The minimum Gasteiger partial charge on any atom is -0.459 e. The van der Waals surface area contributed by atoms with E-state index in [2.05, 4.69) is 10.6 Å². The molecular weight excluding hydrogens is 693 g/mol. The fourth-order valence-corrected chi connectivity index (χ4v) is 6.57. The van der Waals surface area contributed by atoms with E-state index in [1.165, 1.54) is 4.90 Å². The molecule has 3 N–H and O–H groups in total. The number of carbonyl (C=O) groups excluding carboxylic acids is 4. The average Bonchev–Trinajstić information content (AvgIpc) is 3.63. The summed E-state index contributed by atoms with van der Waals surface area (Å²) in [6.07, 6.45) is -0.434. The lowest BCUT2D eigenvalue weighted by atomic mass is 9.77. The summed E-state index contributed by atoms with van der Waals surface area (Å²) in [7, 11) is -0.498. The van der Waals surface area contributed by atoms with Gasteiger partial charge in [0.25, 0.3) is 0 Å². The maximum absolute atomic E-state index is 14.3. The number of rotatable bonds is 15. The first-order valence-electron chi connectivity index (χ1n) is 18.2. The van der Waals surface area contributed by atoms with Crippen LogP contribution in [0.3, 0.4) is 0 Å². The number of nitrogens with one attached hydrogen (secondary N) is 2. The minimum absolute atomic E-state index is 0.00115. The summed E-state index contributed by atoms with van der Waals surface area (Å²) in [6.45, 7) is 6.65. The van der Waals surface area contributed by atoms with E-state index in [4.69, 9.17) is 23.5 Å². The van der Waals surface area contributed by atoms with E-state index in [-0.39, 0.29) is 32.9 Å². The molecule has 14 heteroatoms. The molecule has 2 heterocycles. The highest BCUT2D eigenvalue weighted by atomic mass is 16.7. The average molecular weight is 744 g/mol. The largest absolute Gasteiger partial charge is 0.459 e. The Labute approximate surface area is 316 Å². The van der Waals surface area contributed by atoms with Crippen LogP contribution in [0.5, 0.6) is 0 Å². The van der Waals surface area contributed by atoms with Crippen molar-refractivity contribution in [3.63, 3.8) is 0 Å². The van der Waals surface area contributed by atoms with Gasteiger partial charge < -0.3 is 44.2 Å². The second-order valence-corrected chi connectivity index (χ2v) is 14.7. The van der Waals surface area contributed by atoms with Gasteiger partial charge in [-0.25, -0.2) is 14.4 Å². The lowest BCUT2D eigenvalue weighted by Crippen LogP contribution is -2.61. The minimum atomic E-state index is -1.75. The number of nitrogens with zero attached hydrogens (tertiary/aromatic N) is 1. The summed E-state index contributed by atoms with van der Waals surface area (Å²) in [6, 6.07) is 25.8. The molecule has 3 aromatic rings. The van der Waals surface area contributed by atoms with Gasteiger partial charge in [-0.2, -0.15) is 0 Å². The van der Waals surface area contributed by atoms with Crippen LogP contribution in [0.15, 0.2) is 91.0 Å². The summed E-state index contributed by atoms with van der Waals surface area (Å²) in [5.41, 5.74) is -0.593. The molecule has 0 saturated carbocycles. The number of amides is 3. The Bertz CT molecular complexity index is 1700. The van der Waals surface area contributed by atoms with Gasteiger partial charge in [0, 0.05) is 12.5 Å². The third-order valence-electron chi connectivity index (χ3n) is 10.3. The number of benzene rings is 3. The van der Waals surface area contributed by atoms with E-state index in [1.807, 2.05) is 82.3 Å². The van der Waals surface area contributed by atoms with Gasteiger partial charge in [0.15, 0.2) is 5.54 Å². The number of esters is 1. The quantitative estimate of drug-likeness (QED) is 0.110. The molecule has 2 aliphatic rings. The highest BCUT2D eigenvalue weighted by Crippen LogP contribution is 2.39. The van der Waals surface area contributed by atoms with Gasteiger partial charge in [-0.3, -0.25) is 4.79 Å². The zero-order valence-electron chi connectivity index (χ0n) is 31.3. The molecule has 288 valence electrons. The lowest BCUT2D eigenvalue weighted by molar-refractivity contribution is -0.154. The van der Waals surface area contributed by atoms with Gasteiger partial charge in [0.2, 0.25) is 5.91 Å². The van der Waals surface area contributed by atoms with Crippen LogP contribution in [0, 0.1) is 5.92 Å². The van der Waals surface area contributed by atoms with Crippen LogP contribution in [-0.4, -0.2) is 83.7 Å². The predicted octanol–water partition coefficient (Wildman–Crippen LogP) is 5.01. The summed E-state index contributed by atoms with van der Waals surface area (Å²) in [5, 5.41) is 15.5. The van der Waals surface area contributed by atoms with Gasteiger partial charge in [0.1, 0.15) is 25.9 Å². The molecule has 2 saturated heterocycles. The Morgan fingerprint density at radius 1 is 0.778 bits per heavy atom. The monoisotopic (exact) mass is 743 g/mol. The zero-order valence-corrected chi connectivity index (χ0v) is 31.3. The molecule has 3 amide bonds. The highest BCUT2D eigenvalue weighted by Gasteiger charge is 2.57. The van der Waals surface area contributed by atoms with Crippen LogP contribution in [0.4, 0.5) is 9.59 Å². The molecule has 2 fully saturated rings. The van der Waals surface area contributed by atoms with Crippen LogP contribution in [0.2, 0.25) is 6.32 Å². The first-order valence-corrected chi connectivity index (χ1v) is 18.2. The van der Waals surface area contributed by atoms with Crippen molar-refractivity contribution in [1.29, 1.82) is 0 Å². The molecular formula is C40H50BN3O10. The van der Waals surface area contributed by atoms with E-state index in [9.17, 15) is 24.3 Å². The van der Waals surface area contributed by atoms with Crippen molar-refractivity contribution >= 4 is 31.2 Å². The highest BCUT2D eigenvalue weighted by molar-refractivity contribution is 6.45. The standard InChI is InChI=1S/C40H50BN3O10/c1-38(2)39(3,4)54-41(53-38)22-14-21-32-23-44(34(46)33(24-45)42-36(48)51-26-30-17-10-6-11-18-30)28-40(32,35(47)50-25-29-15-8-5-9-16-29)43-37(49)52-27-31-19-12-7-13-20-31/h5-13,15-20,32-33,45H,14,21-28H2,1-4H3,(H,42,48)(H,43,49)/t32-,33-,40-/m0/s1. The number of hydrogen-bond donors (Lipinski definition) is 3. The van der Waals surface area contributed by atoms with Crippen LogP contribution in [0.25, 0.3) is 0 Å². The second-order valence-electron chi connectivity index (χ2n) is 14.7. The van der Waals surface area contributed by atoms with Crippen LogP contribution in [0.1, 0.15) is 57.2 Å². The molecule has 3 aromatic carbocycles. The number of aliphatic hydroxyl groups is 1. The molecule has 13 nitrogen and oxygen atoms in total. The van der Waals surface area contributed by atoms with Gasteiger partial charge in [0.05, 0.1) is 24.4 Å². The Kier molecular flexibility index (Phi) is 13.4. The topological polar surface area (TPSA) is 162 Å². The summed E-state index contributed by atoms with van der Waals surface area (Å²) >= 11 is 0. The Hall–Kier alpha value is -4.92. The summed E-state index contributed by atoms with van der Waals surface area (Å²) in [5.74, 6) is -2.09. The first kappa shape index (κ1) is 40.3. The van der Waals surface area contributed by atoms with Crippen molar-refractivity contribution < 1.29 is 47.8 Å². The van der Waals surface area contributed by atoms with Gasteiger partial charge >= 0.3 is 25.3 Å². The van der Waals surface area contributed by atoms with E-state index in [0.717, 1.165) is 16.7 Å². The van der Waals surface area contributed by atoms with Crippen LogP contribution in [-0.2, 0) is 52.9 Å². The number of likely N-dealkylation sites (tertiary alicyclic amines) is 1. The van der Waals surface area contributed by atoms with Crippen molar-refractivity contribution in [3.8, 4) is 0 Å². The van der Waals surface area contributed by atoms with Crippen molar-refractivity contribution in [3.05, 3.63) is 108 Å². The molecule has 0 spiro atoms. The molecule has 54 heavy (non-hydrogen) atoms. The number of ether oxygens (including phenoxy) is 3. The Morgan fingerprint density at radius 3 is 1.76 bits per heavy atom. The molecule has 0 aromatic heterocycles. The molecule has 5 rings (SSSR count). The molecule has 0 bridgehead atoms. The molecule has 0 unspecified atom stereocenters. The Morgan fingerprint density at radius 2 is 1.26 bits per heavy atom. The number of aliphatic hydroxyl groups excluding tert-OH is 1. The van der Waals surface area contributed by atoms with Crippen LogP contribution >= 0.6 is 0 Å². The third-order valence-corrected chi connectivity index (χ3v) is 10.3. The van der Waals surface area contributed by atoms with Crippen molar-refractivity contribution in [2.45, 2.75) is 89.5 Å².